The number of carbonyl (C=O) groups excluding carboxylic acids is 2. The molecule has 0 atom stereocenters. The average Bonchev–Trinajstić information content (AvgIpc) is 2.35. The fraction of sp³-hybridized carbons (Fsp3) is 0.500. The van der Waals surface area contributed by atoms with E-state index >= 15 is 0 Å². The van der Waals surface area contributed by atoms with Crippen molar-refractivity contribution in [2.24, 2.45) is 5.73 Å². The smallest absolute Gasteiger partial charge is 0.237 e. The van der Waals surface area contributed by atoms with Gasteiger partial charge in [-0.05, 0) is 32.3 Å². The van der Waals surface area contributed by atoms with Gasteiger partial charge in [0.1, 0.15) is 0 Å². The number of hydrogen-bond donors (Lipinski definition) is 1. The van der Waals surface area contributed by atoms with Crippen molar-refractivity contribution in [3.05, 3.63) is 35.9 Å². The first-order valence-corrected chi connectivity index (χ1v) is 7.12. The van der Waals surface area contributed by atoms with Gasteiger partial charge in [0, 0.05) is 6.04 Å². The van der Waals surface area contributed by atoms with Crippen molar-refractivity contribution in [2.45, 2.75) is 44.6 Å². The van der Waals surface area contributed by atoms with Gasteiger partial charge in [0.25, 0.3) is 0 Å². The Morgan fingerprint density at radius 1 is 1.25 bits per heavy atom. The van der Waals surface area contributed by atoms with Gasteiger partial charge < -0.3 is 10.6 Å². The molecule has 1 fully saturated rings. The molecular formula is C16H22N2O2. The molecule has 2 N–H and O–H groups in total. The van der Waals surface area contributed by atoms with Gasteiger partial charge >= 0.3 is 0 Å². The lowest BCUT2D eigenvalue weighted by molar-refractivity contribution is -0.145. The van der Waals surface area contributed by atoms with E-state index in [0.29, 0.717) is 0 Å². The van der Waals surface area contributed by atoms with Crippen molar-refractivity contribution in [2.75, 3.05) is 6.54 Å². The van der Waals surface area contributed by atoms with Crippen LogP contribution in [-0.4, -0.2) is 29.3 Å². The fourth-order valence-electron chi connectivity index (χ4n) is 2.85. The molecule has 1 saturated carbocycles. The highest BCUT2D eigenvalue weighted by atomic mass is 16.2. The first-order chi connectivity index (χ1) is 9.47. The van der Waals surface area contributed by atoms with Crippen molar-refractivity contribution in [1.82, 2.24) is 4.90 Å². The molecule has 0 heterocycles. The normalized spacial score (nSPS) is 16.6. The molecule has 1 aliphatic carbocycles. The summed E-state index contributed by atoms with van der Waals surface area (Å²) in [5.41, 5.74) is 5.87. The number of amides is 2. The lowest BCUT2D eigenvalue weighted by Gasteiger charge is -2.44. The number of carbonyl (C=O) groups is 2. The summed E-state index contributed by atoms with van der Waals surface area (Å²) in [7, 11) is 0. The summed E-state index contributed by atoms with van der Waals surface area (Å²) in [5, 5.41) is 0. The Morgan fingerprint density at radius 3 is 2.25 bits per heavy atom. The molecule has 1 aromatic carbocycles. The van der Waals surface area contributed by atoms with Gasteiger partial charge in [0.2, 0.25) is 11.8 Å². The number of nitrogens with zero attached hydrogens (tertiary/aromatic N) is 1. The van der Waals surface area contributed by atoms with Gasteiger partial charge in [-0.3, -0.25) is 9.59 Å². The summed E-state index contributed by atoms with van der Waals surface area (Å²) in [6.45, 7) is 3.82. The topological polar surface area (TPSA) is 63.4 Å². The Morgan fingerprint density at radius 2 is 1.85 bits per heavy atom. The zero-order chi connectivity index (χ0) is 14.8. The SMILES string of the molecule is CC(C)N(CC(N)=O)C(=O)C1(c2ccccc2)CCC1. The molecule has 2 rings (SSSR count). The first-order valence-electron chi connectivity index (χ1n) is 7.12. The van der Waals surface area contributed by atoms with E-state index in [1.807, 2.05) is 44.2 Å². The standard InChI is InChI=1S/C16H22N2O2/c1-12(2)18(11-14(17)19)15(20)16(9-6-10-16)13-7-4-3-5-8-13/h3-5,7-8,12H,6,9-11H2,1-2H3,(H2,17,19). The molecule has 0 saturated heterocycles. The Hall–Kier alpha value is -1.84. The van der Waals surface area contributed by atoms with E-state index in [-0.39, 0.29) is 18.5 Å². The molecular weight excluding hydrogens is 252 g/mol. The minimum Gasteiger partial charge on any atom is -0.368 e. The molecule has 108 valence electrons. The third-order valence-corrected chi connectivity index (χ3v) is 4.15. The number of hydrogen-bond acceptors (Lipinski definition) is 2. The highest BCUT2D eigenvalue weighted by molar-refractivity contribution is 5.92. The van der Waals surface area contributed by atoms with Gasteiger partial charge in [-0.15, -0.1) is 0 Å². The van der Waals surface area contributed by atoms with Crippen molar-refractivity contribution in [3.8, 4) is 0 Å². The molecule has 0 unspecified atom stereocenters. The molecule has 1 aliphatic rings. The third-order valence-electron chi connectivity index (χ3n) is 4.15. The maximum atomic E-state index is 12.9. The monoisotopic (exact) mass is 274 g/mol. The van der Waals surface area contributed by atoms with E-state index in [1.54, 1.807) is 4.90 Å². The molecule has 0 aromatic heterocycles. The lowest BCUT2D eigenvalue weighted by Crippen LogP contribution is -2.55. The van der Waals surface area contributed by atoms with E-state index in [9.17, 15) is 9.59 Å². The molecule has 0 aliphatic heterocycles. The summed E-state index contributed by atoms with van der Waals surface area (Å²) in [6.07, 6.45) is 2.73. The Labute approximate surface area is 119 Å². The first kappa shape index (κ1) is 14.6. The van der Waals surface area contributed by atoms with Gasteiger partial charge in [-0.1, -0.05) is 36.8 Å². The van der Waals surface area contributed by atoms with Crippen LogP contribution in [0.25, 0.3) is 0 Å². The Kier molecular flexibility index (Phi) is 4.12. The summed E-state index contributed by atoms with van der Waals surface area (Å²) in [6, 6.07) is 9.83. The van der Waals surface area contributed by atoms with E-state index in [0.717, 1.165) is 24.8 Å². The molecule has 4 nitrogen and oxygen atoms in total. The quantitative estimate of drug-likeness (QED) is 0.890. The van der Waals surface area contributed by atoms with Gasteiger partial charge in [0.15, 0.2) is 0 Å². The summed E-state index contributed by atoms with van der Waals surface area (Å²) < 4.78 is 0. The molecule has 0 radical (unpaired) electrons. The van der Waals surface area contributed by atoms with Crippen molar-refractivity contribution >= 4 is 11.8 Å². The third kappa shape index (κ3) is 2.55. The highest BCUT2D eigenvalue weighted by Gasteiger charge is 2.48. The number of nitrogens with two attached hydrogens (primary N) is 1. The molecule has 4 heteroatoms. The van der Waals surface area contributed by atoms with Crippen LogP contribution in [0.15, 0.2) is 30.3 Å². The average molecular weight is 274 g/mol. The second-order valence-electron chi connectivity index (χ2n) is 5.79. The van der Waals surface area contributed by atoms with Crippen LogP contribution in [0.3, 0.4) is 0 Å². The van der Waals surface area contributed by atoms with Crippen LogP contribution in [0.1, 0.15) is 38.7 Å². The van der Waals surface area contributed by atoms with E-state index < -0.39 is 11.3 Å². The largest absolute Gasteiger partial charge is 0.368 e. The summed E-state index contributed by atoms with van der Waals surface area (Å²) >= 11 is 0. The van der Waals surface area contributed by atoms with Crippen LogP contribution in [-0.2, 0) is 15.0 Å². The van der Waals surface area contributed by atoms with Crippen molar-refractivity contribution in [1.29, 1.82) is 0 Å². The zero-order valence-electron chi connectivity index (χ0n) is 12.1. The Balaban J connectivity index is 2.31. The van der Waals surface area contributed by atoms with Gasteiger partial charge in [0.05, 0.1) is 12.0 Å². The van der Waals surface area contributed by atoms with Gasteiger partial charge in [-0.2, -0.15) is 0 Å². The second kappa shape index (κ2) is 5.65. The second-order valence-corrected chi connectivity index (χ2v) is 5.79. The van der Waals surface area contributed by atoms with Crippen LogP contribution in [0.2, 0.25) is 0 Å². The minimum atomic E-state index is -0.463. The fourth-order valence-corrected chi connectivity index (χ4v) is 2.85. The van der Waals surface area contributed by atoms with Gasteiger partial charge in [-0.25, -0.2) is 0 Å². The zero-order valence-corrected chi connectivity index (χ0v) is 12.1. The molecule has 0 spiro atoms. The minimum absolute atomic E-state index is 0.00885. The maximum Gasteiger partial charge on any atom is 0.237 e. The molecule has 1 aromatic rings. The molecule has 20 heavy (non-hydrogen) atoms. The van der Waals surface area contributed by atoms with E-state index in [2.05, 4.69) is 0 Å². The van der Waals surface area contributed by atoms with Crippen LogP contribution < -0.4 is 5.73 Å². The summed E-state index contributed by atoms with van der Waals surface area (Å²) in [5.74, 6) is -0.432. The van der Waals surface area contributed by atoms with Crippen LogP contribution in [0.4, 0.5) is 0 Å². The maximum absolute atomic E-state index is 12.9. The lowest BCUT2D eigenvalue weighted by atomic mass is 9.63. The Bertz CT molecular complexity index is 492. The number of rotatable bonds is 5. The number of primary amides is 1. The predicted molar refractivity (Wildman–Crippen MR) is 78.0 cm³/mol. The van der Waals surface area contributed by atoms with Crippen LogP contribution in [0.5, 0.6) is 0 Å². The van der Waals surface area contributed by atoms with Crippen LogP contribution in [0, 0.1) is 0 Å². The summed E-state index contributed by atoms with van der Waals surface area (Å²) in [4.78, 5) is 25.8. The van der Waals surface area contributed by atoms with E-state index in [1.165, 1.54) is 0 Å². The highest BCUT2D eigenvalue weighted by Crippen LogP contribution is 2.45. The molecule has 2 amide bonds. The van der Waals surface area contributed by atoms with Crippen molar-refractivity contribution < 1.29 is 9.59 Å². The number of benzene rings is 1. The van der Waals surface area contributed by atoms with Crippen molar-refractivity contribution in [3.63, 3.8) is 0 Å². The van der Waals surface area contributed by atoms with E-state index in [4.69, 9.17) is 5.73 Å². The predicted octanol–water partition coefficient (Wildman–Crippen LogP) is 1.83. The molecule has 0 bridgehead atoms. The van der Waals surface area contributed by atoms with Crippen LogP contribution >= 0.6 is 0 Å².